The van der Waals surface area contributed by atoms with E-state index in [9.17, 15) is 14.4 Å². The molecule has 0 bridgehead atoms. The number of carbonyl (C=O) groups is 3. The minimum absolute atomic E-state index is 0.178. The number of aryl methyl sites for hydroxylation is 1. The van der Waals surface area contributed by atoms with Crippen molar-refractivity contribution in [2.24, 2.45) is 0 Å². The molecular formula is C24H19ClN4O4S. The first kappa shape index (κ1) is 23.2. The summed E-state index contributed by atoms with van der Waals surface area (Å²) < 4.78 is 0.739. The van der Waals surface area contributed by atoms with Gasteiger partial charge in [-0.25, -0.2) is 14.6 Å². The summed E-state index contributed by atoms with van der Waals surface area (Å²) in [5, 5.41) is 18.0. The van der Waals surface area contributed by atoms with E-state index in [0.29, 0.717) is 26.9 Å². The monoisotopic (exact) mass is 494 g/mol. The van der Waals surface area contributed by atoms with Crippen molar-refractivity contribution in [3.8, 4) is 0 Å². The van der Waals surface area contributed by atoms with E-state index in [1.54, 1.807) is 36.4 Å². The smallest absolute Gasteiger partial charge is 0.335 e. The number of benzene rings is 3. The number of hydrogen-bond acceptors (Lipinski definition) is 5. The first-order chi connectivity index (χ1) is 16.3. The Morgan fingerprint density at radius 3 is 2.44 bits per heavy atom. The fourth-order valence-corrected chi connectivity index (χ4v) is 4.35. The molecule has 34 heavy (non-hydrogen) atoms. The lowest BCUT2D eigenvalue weighted by Crippen LogP contribution is -2.28. The number of aromatic nitrogens is 1. The Labute approximate surface area is 203 Å². The second-order valence-corrected chi connectivity index (χ2v) is 8.83. The predicted octanol–water partition coefficient (Wildman–Crippen LogP) is 5.53. The summed E-state index contributed by atoms with van der Waals surface area (Å²) in [5.41, 5.74) is 3.45. The number of halogens is 1. The Bertz CT molecular complexity index is 1380. The van der Waals surface area contributed by atoms with Gasteiger partial charge in [0, 0.05) is 12.1 Å². The summed E-state index contributed by atoms with van der Waals surface area (Å²) in [4.78, 5) is 40.3. The van der Waals surface area contributed by atoms with Crippen LogP contribution in [0.5, 0.6) is 0 Å². The van der Waals surface area contributed by atoms with Gasteiger partial charge >= 0.3 is 12.0 Å². The second kappa shape index (κ2) is 9.90. The van der Waals surface area contributed by atoms with Crippen molar-refractivity contribution in [3.05, 3.63) is 87.9 Å². The minimum atomic E-state index is -1.01. The largest absolute Gasteiger partial charge is 0.478 e. The number of rotatable bonds is 6. The molecule has 4 rings (SSSR count). The third kappa shape index (κ3) is 5.33. The third-order valence-electron chi connectivity index (χ3n) is 4.99. The summed E-state index contributed by atoms with van der Waals surface area (Å²) in [6.07, 6.45) is 0. The number of aromatic carboxylic acids is 1. The molecule has 0 unspecified atom stereocenters. The van der Waals surface area contributed by atoms with E-state index in [1.807, 2.05) is 19.1 Å². The fraction of sp³-hybridized carbons (Fsp3) is 0.0833. The second-order valence-electron chi connectivity index (χ2n) is 7.40. The van der Waals surface area contributed by atoms with Gasteiger partial charge in [0.25, 0.3) is 5.91 Å². The molecule has 0 saturated carbocycles. The van der Waals surface area contributed by atoms with Crippen LogP contribution >= 0.6 is 22.9 Å². The number of carbonyl (C=O) groups excluding carboxylic acids is 2. The molecule has 10 heteroatoms. The van der Waals surface area contributed by atoms with E-state index in [0.717, 1.165) is 15.8 Å². The predicted molar refractivity (Wildman–Crippen MR) is 133 cm³/mol. The van der Waals surface area contributed by atoms with Gasteiger partial charge in [0.1, 0.15) is 0 Å². The average molecular weight is 495 g/mol. The van der Waals surface area contributed by atoms with Crippen LogP contribution in [-0.4, -0.2) is 28.0 Å². The number of hydrogen-bond donors (Lipinski definition) is 4. The number of thiazole rings is 1. The zero-order valence-corrected chi connectivity index (χ0v) is 19.5. The van der Waals surface area contributed by atoms with E-state index in [1.165, 1.54) is 23.5 Å². The van der Waals surface area contributed by atoms with Gasteiger partial charge in [-0.05, 0) is 54.4 Å². The zero-order valence-electron chi connectivity index (χ0n) is 17.9. The number of nitrogens with one attached hydrogen (secondary N) is 3. The van der Waals surface area contributed by atoms with Crippen LogP contribution in [-0.2, 0) is 6.54 Å². The number of para-hydroxylation sites is 1. The molecule has 3 aromatic carbocycles. The quantitative estimate of drug-likeness (QED) is 0.281. The molecule has 3 amide bonds. The summed E-state index contributed by atoms with van der Waals surface area (Å²) in [5.74, 6) is -1.31. The topological polar surface area (TPSA) is 120 Å². The molecular weight excluding hydrogens is 476 g/mol. The molecule has 172 valence electrons. The fourth-order valence-electron chi connectivity index (χ4n) is 3.18. The van der Waals surface area contributed by atoms with Crippen LogP contribution in [0.25, 0.3) is 10.2 Å². The maximum absolute atomic E-state index is 12.7. The van der Waals surface area contributed by atoms with Gasteiger partial charge in [-0.3, -0.25) is 10.1 Å². The number of fused-ring (bicyclic) bond motifs is 1. The van der Waals surface area contributed by atoms with Crippen molar-refractivity contribution < 1.29 is 19.5 Å². The molecule has 0 saturated heterocycles. The van der Waals surface area contributed by atoms with E-state index >= 15 is 0 Å². The first-order valence-electron chi connectivity index (χ1n) is 10.1. The van der Waals surface area contributed by atoms with Gasteiger partial charge in [0.2, 0.25) is 0 Å². The molecule has 0 atom stereocenters. The Hall–Kier alpha value is -3.95. The number of nitrogens with zero attached hydrogens (tertiary/aromatic N) is 1. The number of amides is 3. The van der Waals surface area contributed by atoms with Crippen LogP contribution in [0.4, 0.5) is 15.6 Å². The van der Waals surface area contributed by atoms with Crippen LogP contribution in [0.3, 0.4) is 0 Å². The van der Waals surface area contributed by atoms with E-state index in [2.05, 4.69) is 20.9 Å². The van der Waals surface area contributed by atoms with Crippen LogP contribution < -0.4 is 16.0 Å². The molecule has 0 aliphatic heterocycles. The van der Waals surface area contributed by atoms with Crippen molar-refractivity contribution in [1.29, 1.82) is 0 Å². The molecule has 0 fully saturated rings. The van der Waals surface area contributed by atoms with Crippen LogP contribution in [0, 0.1) is 6.92 Å². The van der Waals surface area contributed by atoms with Crippen LogP contribution in [0.2, 0.25) is 5.02 Å². The maximum Gasteiger partial charge on any atom is 0.335 e. The van der Waals surface area contributed by atoms with E-state index < -0.39 is 12.0 Å². The molecule has 1 aromatic heterocycles. The number of anilines is 2. The Balaban J connectivity index is 1.40. The lowest BCUT2D eigenvalue weighted by atomic mass is 10.1. The molecule has 4 N–H and O–H groups in total. The summed E-state index contributed by atoms with van der Waals surface area (Å²) in [6.45, 7) is 2.09. The van der Waals surface area contributed by atoms with Crippen molar-refractivity contribution in [3.63, 3.8) is 0 Å². The Kier molecular flexibility index (Phi) is 6.76. The minimum Gasteiger partial charge on any atom is -0.478 e. The lowest BCUT2D eigenvalue weighted by molar-refractivity contribution is 0.0696. The summed E-state index contributed by atoms with van der Waals surface area (Å²) >= 11 is 7.44. The van der Waals surface area contributed by atoms with Crippen molar-refractivity contribution in [2.45, 2.75) is 13.5 Å². The maximum atomic E-state index is 12.7. The van der Waals surface area contributed by atoms with E-state index in [-0.39, 0.29) is 18.0 Å². The van der Waals surface area contributed by atoms with Gasteiger partial charge in [-0.1, -0.05) is 47.2 Å². The normalized spacial score (nSPS) is 10.6. The highest BCUT2D eigenvalue weighted by atomic mass is 35.5. The van der Waals surface area contributed by atoms with Gasteiger partial charge < -0.3 is 15.7 Å². The highest BCUT2D eigenvalue weighted by Crippen LogP contribution is 2.29. The Morgan fingerprint density at radius 2 is 1.74 bits per heavy atom. The molecule has 1 heterocycles. The first-order valence-corrected chi connectivity index (χ1v) is 11.3. The molecule has 0 radical (unpaired) electrons. The summed E-state index contributed by atoms with van der Waals surface area (Å²) in [7, 11) is 0. The average Bonchev–Trinajstić information content (AvgIpc) is 3.21. The highest BCUT2D eigenvalue weighted by molar-refractivity contribution is 7.22. The van der Waals surface area contributed by atoms with Gasteiger partial charge in [0.05, 0.1) is 26.5 Å². The van der Waals surface area contributed by atoms with Gasteiger partial charge in [-0.15, -0.1) is 0 Å². The molecule has 0 aliphatic carbocycles. The van der Waals surface area contributed by atoms with Gasteiger partial charge in [-0.2, -0.15) is 0 Å². The molecule has 8 nitrogen and oxygen atoms in total. The highest BCUT2D eigenvalue weighted by Gasteiger charge is 2.14. The van der Waals surface area contributed by atoms with Crippen molar-refractivity contribution >= 4 is 61.9 Å². The third-order valence-corrected chi connectivity index (χ3v) is 6.23. The Morgan fingerprint density at radius 1 is 1.00 bits per heavy atom. The zero-order chi connectivity index (χ0) is 24.2. The number of carboxylic acid groups (broad SMARTS) is 1. The van der Waals surface area contributed by atoms with Gasteiger partial charge in [0.15, 0.2) is 5.13 Å². The van der Waals surface area contributed by atoms with Crippen LogP contribution in [0.1, 0.15) is 31.8 Å². The number of carboxylic acids is 1. The lowest BCUT2D eigenvalue weighted by Gasteiger charge is -2.10. The van der Waals surface area contributed by atoms with Crippen molar-refractivity contribution in [2.75, 3.05) is 10.6 Å². The molecule has 0 aliphatic rings. The SMILES string of the molecule is Cc1cccc(Cl)c1NC(=O)c1ccc2nc(NC(=O)NCc3ccc(C(=O)O)cc3)sc2c1. The summed E-state index contributed by atoms with van der Waals surface area (Å²) in [6, 6.07) is 16.3. The van der Waals surface area contributed by atoms with E-state index in [4.69, 9.17) is 16.7 Å². The molecule has 0 spiro atoms. The molecule has 4 aromatic rings. The van der Waals surface area contributed by atoms with Crippen LogP contribution in [0.15, 0.2) is 60.7 Å². The standard InChI is InChI=1S/C24H19ClN4O4S/c1-13-3-2-4-17(25)20(13)28-21(30)16-9-10-18-19(11-16)34-24(27-18)29-23(33)26-12-14-5-7-15(8-6-14)22(31)32/h2-11H,12H2,1H3,(H,28,30)(H,31,32)(H2,26,27,29,33). The number of urea groups is 1. The van der Waals surface area contributed by atoms with Crippen molar-refractivity contribution in [1.82, 2.24) is 10.3 Å².